The van der Waals surface area contributed by atoms with E-state index in [0.717, 1.165) is 4.90 Å². The maximum Gasteiger partial charge on any atom is 0.326 e. The summed E-state index contributed by atoms with van der Waals surface area (Å²) >= 11 is 1.32. The molecular weight excluding hydrogens is 1070 g/mol. The van der Waals surface area contributed by atoms with Crippen LogP contribution in [0, 0.1) is 5.92 Å². The lowest BCUT2D eigenvalue weighted by Gasteiger charge is -2.30. The minimum atomic E-state index is -1.87. The first kappa shape index (κ1) is 69.4. The van der Waals surface area contributed by atoms with E-state index in [1.54, 1.807) is 6.26 Å². The maximum absolute atomic E-state index is 13.9. The second-order valence-electron chi connectivity index (χ2n) is 18.6. The predicted molar refractivity (Wildman–Crippen MR) is 284 cm³/mol. The van der Waals surface area contributed by atoms with Crippen LogP contribution in [0.4, 0.5) is 0 Å². The molecule has 24 N–H and O–H groups in total. The zero-order valence-electron chi connectivity index (χ0n) is 44.6. The summed E-state index contributed by atoms with van der Waals surface area (Å²) in [6, 6.07) is -14.9. The van der Waals surface area contributed by atoms with Crippen LogP contribution >= 0.6 is 11.8 Å². The van der Waals surface area contributed by atoms with Crippen molar-refractivity contribution in [1.82, 2.24) is 47.4 Å². The van der Waals surface area contributed by atoms with E-state index >= 15 is 0 Å². The van der Waals surface area contributed by atoms with Gasteiger partial charge < -0.3 is 102 Å². The molecule has 33 nitrogen and oxygen atoms in total. The molecule has 79 heavy (non-hydrogen) atoms. The molecule has 0 aromatic rings. The fraction of sp³-hybridized carbons (Fsp3) is 0.689. The van der Waals surface area contributed by atoms with Gasteiger partial charge in [0.15, 0.2) is 11.9 Å². The van der Waals surface area contributed by atoms with Crippen LogP contribution in [0.1, 0.15) is 85.0 Å². The number of nitrogens with zero attached hydrogens (tertiary/aromatic N) is 3. The highest BCUT2D eigenvalue weighted by Gasteiger charge is 2.40. The Hall–Kier alpha value is -7.59. The molecule has 1 aliphatic heterocycles. The number of carbonyl (C=O) groups excluding carboxylic acids is 10. The van der Waals surface area contributed by atoms with Crippen molar-refractivity contribution in [2.24, 2.45) is 50.3 Å². The van der Waals surface area contributed by atoms with Crippen LogP contribution < -0.4 is 76.9 Å². The van der Waals surface area contributed by atoms with Crippen LogP contribution in [-0.2, 0) is 57.5 Å². The van der Waals surface area contributed by atoms with E-state index in [-0.39, 0.29) is 76.5 Å². The summed E-state index contributed by atoms with van der Waals surface area (Å²) in [5, 5.41) is 57.7. The number of aliphatic imine (C=N–C) groups is 2. The number of guanidine groups is 2. The minimum Gasteiger partial charge on any atom is -0.481 e. The van der Waals surface area contributed by atoms with Crippen LogP contribution in [-0.4, -0.2) is 214 Å². The van der Waals surface area contributed by atoms with Crippen molar-refractivity contribution >= 4 is 94.7 Å². The number of hydrogen-bond donors (Lipinski definition) is 18. The van der Waals surface area contributed by atoms with Crippen LogP contribution in [0.2, 0.25) is 0 Å². The number of nitrogens with two attached hydrogens (primary N) is 6. The summed E-state index contributed by atoms with van der Waals surface area (Å²) in [5.74, 6) is -13.7. The first-order chi connectivity index (χ1) is 37.1. The number of rotatable bonds is 37. The van der Waals surface area contributed by atoms with Crippen LogP contribution in [0.15, 0.2) is 9.98 Å². The predicted octanol–water partition coefficient (Wildman–Crippen LogP) is -8.47. The number of carboxylic acid groups (broad SMARTS) is 2. The molecule has 446 valence electrons. The first-order valence-electron chi connectivity index (χ1n) is 25.1. The lowest BCUT2D eigenvalue weighted by molar-refractivity contribution is -0.142. The minimum absolute atomic E-state index is 0.00756. The molecule has 1 heterocycles. The smallest absolute Gasteiger partial charge is 0.326 e. The highest BCUT2D eigenvalue weighted by Crippen LogP contribution is 2.19. The van der Waals surface area contributed by atoms with Crippen molar-refractivity contribution < 1.29 is 78.0 Å². The number of likely N-dealkylation sites (tertiary alicyclic amines) is 1. The molecule has 0 aromatic heterocycles. The van der Waals surface area contributed by atoms with Crippen molar-refractivity contribution in [1.29, 1.82) is 0 Å². The highest BCUT2D eigenvalue weighted by atomic mass is 32.2. The van der Waals surface area contributed by atoms with E-state index in [2.05, 4.69) is 52.5 Å². The Balaban J connectivity index is 3.30. The van der Waals surface area contributed by atoms with Gasteiger partial charge in [-0.25, -0.2) is 4.79 Å². The van der Waals surface area contributed by atoms with Crippen molar-refractivity contribution in [2.45, 2.75) is 145 Å². The van der Waals surface area contributed by atoms with Crippen LogP contribution in [0.3, 0.4) is 0 Å². The fourth-order valence-electron chi connectivity index (χ4n) is 7.60. The molecule has 0 aliphatic carbocycles. The Morgan fingerprint density at radius 2 is 1.08 bits per heavy atom. The number of aliphatic carboxylic acids is 2. The second-order valence-corrected chi connectivity index (χ2v) is 19.6. The molecule has 1 fully saturated rings. The zero-order valence-corrected chi connectivity index (χ0v) is 45.4. The number of carbonyl (C=O) groups is 12. The Labute approximate surface area is 459 Å². The van der Waals surface area contributed by atoms with E-state index in [1.165, 1.54) is 32.5 Å². The van der Waals surface area contributed by atoms with Crippen molar-refractivity contribution in [3.8, 4) is 0 Å². The van der Waals surface area contributed by atoms with E-state index in [9.17, 15) is 78.0 Å². The lowest BCUT2D eigenvalue weighted by atomic mass is 10.0. The number of hydrogen-bond acceptors (Lipinski definition) is 18. The molecular formula is C45H79N17O16S. The molecule has 0 bridgehead atoms. The molecule has 1 aliphatic rings. The second kappa shape index (κ2) is 35.7. The summed E-state index contributed by atoms with van der Waals surface area (Å²) in [6.45, 7) is 2.51. The zero-order chi connectivity index (χ0) is 60.1. The third kappa shape index (κ3) is 25.6. The quantitative estimate of drug-likeness (QED) is 0.0156. The summed E-state index contributed by atoms with van der Waals surface area (Å²) in [4.78, 5) is 166. The number of primary amides is 1. The fourth-order valence-corrected chi connectivity index (χ4v) is 8.07. The summed E-state index contributed by atoms with van der Waals surface area (Å²) in [7, 11) is 0. The number of amides is 10. The molecule has 0 spiro atoms. The van der Waals surface area contributed by atoms with Gasteiger partial charge in [0, 0.05) is 26.1 Å². The Kier molecular flexibility index (Phi) is 31.4. The SMILES string of the molecule is CSCC[C@H](NC(=O)[C@H](CCCN=C(N)N)NC(=O)[C@H](CCC(=O)O)NC(=O)[C@@H](NC(=O)[C@H](CC(N)=O)NC(=O)[C@H](CO)NC(=O)[C@@H]1CCCN1C(=O)[C@H](C)NC(=O)[C@H](CCCN=C(N)N)NC(=O)[C@@H](N)CO)C(C)C)C(=O)O. The molecule has 0 aromatic carbocycles. The molecule has 10 atom stereocenters. The lowest BCUT2D eigenvalue weighted by Crippen LogP contribution is -2.61. The van der Waals surface area contributed by atoms with Crippen molar-refractivity contribution in [2.75, 3.05) is 44.9 Å². The Bertz CT molecular complexity index is 2200. The molecule has 0 radical (unpaired) electrons. The van der Waals surface area contributed by atoms with Gasteiger partial charge in [-0.15, -0.1) is 0 Å². The topological polar surface area (TPSA) is 566 Å². The van der Waals surface area contributed by atoms with Gasteiger partial charge in [-0.3, -0.25) is 62.7 Å². The van der Waals surface area contributed by atoms with Crippen LogP contribution in [0.5, 0.6) is 0 Å². The number of aliphatic hydroxyl groups is 2. The number of nitrogens with one attached hydrogen (secondary N) is 8. The van der Waals surface area contributed by atoms with E-state index in [1.807, 2.05) is 0 Å². The Morgan fingerprint density at radius 1 is 0.595 bits per heavy atom. The average Bonchev–Trinajstić information content (AvgIpc) is 3.89. The van der Waals surface area contributed by atoms with Gasteiger partial charge in [0.1, 0.15) is 60.4 Å². The van der Waals surface area contributed by atoms with Gasteiger partial charge in [0.05, 0.1) is 19.6 Å². The standard InChI is InChI=1S/C45H79N17O16S/c1-21(2)33(41(75)57-26(11-12-32(66)67)37(71)56-25(9-6-15-53-45(50)51)36(70)58-27(43(77)78)13-17-79-4)61-38(72)28(18-31(47)65)59-39(73)29(20-64)60-40(74)30-10-7-16-62(30)42(76)22(3)54-35(69)24(8-5-14-52-44(48)49)55-34(68)23(46)19-63/h21-30,33,63-64H,5-20,46H2,1-4H3,(H2,47,65)(H,54,69)(H,55,68)(H,56,71)(H,57,75)(H,58,70)(H,59,73)(H,60,74)(H,61,72)(H,66,67)(H,77,78)(H4,48,49,52)(H4,50,51,53)/t22-,23-,24-,25-,26-,27-,28-,29-,30-,33-/m0/s1. The van der Waals surface area contributed by atoms with Gasteiger partial charge in [-0.1, -0.05) is 13.8 Å². The van der Waals surface area contributed by atoms with E-state index in [0.29, 0.717) is 5.75 Å². The summed E-state index contributed by atoms with van der Waals surface area (Å²) < 4.78 is 0. The van der Waals surface area contributed by atoms with Gasteiger partial charge in [-0.05, 0) is 76.2 Å². The average molecular weight is 1150 g/mol. The molecule has 10 amide bonds. The molecule has 1 rings (SSSR count). The van der Waals surface area contributed by atoms with Gasteiger partial charge >= 0.3 is 11.9 Å². The third-order valence-corrected chi connectivity index (χ3v) is 12.5. The molecule has 34 heteroatoms. The van der Waals surface area contributed by atoms with E-state index < -0.39 is 170 Å². The third-order valence-electron chi connectivity index (χ3n) is 11.9. The molecule has 1 saturated heterocycles. The highest BCUT2D eigenvalue weighted by molar-refractivity contribution is 7.98. The number of carboxylic acids is 2. The largest absolute Gasteiger partial charge is 0.481 e. The monoisotopic (exact) mass is 1150 g/mol. The summed E-state index contributed by atoms with van der Waals surface area (Å²) in [6.07, 6.45) is 0.0778. The number of aliphatic hydroxyl groups excluding tert-OH is 2. The number of thioether (sulfide) groups is 1. The van der Waals surface area contributed by atoms with Crippen molar-refractivity contribution in [3.63, 3.8) is 0 Å². The summed E-state index contributed by atoms with van der Waals surface area (Å²) in [5.41, 5.74) is 32.5. The van der Waals surface area contributed by atoms with E-state index in [4.69, 9.17) is 34.4 Å². The van der Waals surface area contributed by atoms with Gasteiger partial charge in [-0.2, -0.15) is 11.8 Å². The first-order valence-corrected chi connectivity index (χ1v) is 26.5. The molecule has 0 saturated carbocycles. The van der Waals surface area contributed by atoms with Gasteiger partial charge in [0.2, 0.25) is 59.1 Å². The van der Waals surface area contributed by atoms with Crippen molar-refractivity contribution in [3.05, 3.63) is 0 Å². The van der Waals surface area contributed by atoms with Crippen LogP contribution in [0.25, 0.3) is 0 Å². The molecule has 0 unspecified atom stereocenters. The van der Waals surface area contributed by atoms with Gasteiger partial charge in [0.25, 0.3) is 0 Å². The Morgan fingerprint density at radius 3 is 1.56 bits per heavy atom. The normalized spacial score (nSPS) is 16.3. The maximum atomic E-state index is 13.9.